The zero-order valence-corrected chi connectivity index (χ0v) is 16.4. The van der Waals surface area contributed by atoms with Crippen LogP contribution in [0.3, 0.4) is 0 Å². The minimum absolute atomic E-state index is 0.136. The SMILES string of the molecule is CCc1cc[n+](CC(=O)c2c(-c3ccccc3)n(CC)c3ccccc23)cc1. The molecule has 0 aliphatic heterocycles. The molecule has 3 heteroatoms. The molecule has 0 radical (unpaired) electrons. The van der Waals surface area contributed by atoms with E-state index in [4.69, 9.17) is 0 Å². The smallest absolute Gasteiger partial charge is 0.230 e. The summed E-state index contributed by atoms with van der Waals surface area (Å²) in [5.74, 6) is 0.136. The molecule has 0 aliphatic rings. The fourth-order valence-corrected chi connectivity index (χ4v) is 3.88. The third-order valence-electron chi connectivity index (χ3n) is 5.31. The number of ketones is 1. The van der Waals surface area contributed by atoms with Crippen molar-refractivity contribution in [1.82, 2.24) is 4.57 Å². The van der Waals surface area contributed by atoms with Crippen LogP contribution in [0.4, 0.5) is 0 Å². The summed E-state index contributed by atoms with van der Waals surface area (Å²) in [6.07, 6.45) is 4.99. The predicted molar refractivity (Wildman–Crippen MR) is 113 cm³/mol. The number of para-hydroxylation sites is 1. The lowest BCUT2D eigenvalue weighted by Crippen LogP contribution is -2.37. The third-order valence-corrected chi connectivity index (χ3v) is 5.31. The molecule has 3 nitrogen and oxygen atoms in total. The Morgan fingerprint density at radius 1 is 0.893 bits per heavy atom. The second-order valence-electron chi connectivity index (χ2n) is 7.01. The van der Waals surface area contributed by atoms with Gasteiger partial charge in [-0.25, -0.2) is 0 Å². The van der Waals surface area contributed by atoms with Crippen molar-refractivity contribution in [2.24, 2.45) is 0 Å². The highest BCUT2D eigenvalue weighted by Crippen LogP contribution is 2.34. The zero-order valence-electron chi connectivity index (χ0n) is 16.4. The highest BCUT2D eigenvalue weighted by molar-refractivity contribution is 6.13. The van der Waals surface area contributed by atoms with Crippen LogP contribution in [-0.2, 0) is 19.5 Å². The van der Waals surface area contributed by atoms with Gasteiger partial charge in [0, 0.05) is 29.6 Å². The molecule has 2 aromatic carbocycles. The topological polar surface area (TPSA) is 25.9 Å². The summed E-state index contributed by atoms with van der Waals surface area (Å²) < 4.78 is 4.22. The van der Waals surface area contributed by atoms with Crippen LogP contribution in [0, 0.1) is 0 Å². The van der Waals surface area contributed by atoms with Crippen molar-refractivity contribution in [1.29, 1.82) is 0 Å². The van der Waals surface area contributed by atoms with Crippen LogP contribution in [0.1, 0.15) is 29.8 Å². The Morgan fingerprint density at radius 2 is 1.57 bits per heavy atom. The van der Waals surface area contributed by atoms with E-state index >= 15 is 0 Å². The highest BCUT2D eigenvalue weighted by atomic mass is 16.1. The highest BCUT2D eigenvalue weighted by Gasteiger charge is 2.25. The molecule has 4 aromatic rings. The molecule has 4 rings (SSSR count). The van der Waals surface area contributed by atoms with Gasteiger partial charge in [-0.05, 0) is 30.5 Å². The van der Waals surface area contributed by atoms with E-state index in [2.05, 4.69) is 54.8 Å². The number of carbonyl (C=O) groups is 1. The number of carbonyl (C=O) groups excluding carboxylic acids is 1. The van der Waals surface area contributed by atoms with E-state index in [9.17, 15) is 4.79 Å². The Balaban J connectivity index is 1.86. The largest absolute Gasteiger partial charge is 0.340 e. The number of nitrogens with zero attached hydrogens (tertiary/aromatic N) is 2. The Bertz CT molecular complexity index is 1110. The number of pyridine rings is 1. The summed E-state index contributed by atoms with van der Waals surface area (Å²) in [5, 5.41) is 1.03. The summed E-state index contributed by atoms with van der Waals surface area (Å²) in [5.41, 5.74) is 5.29. The zero-order chi connectivity index (χ0) is 19.5. The maximum atomic E-state index is 13.5. The first-order chi connectivity index (χ1) is 13.7. The summed E-state index contributed by atoms with van der Waals surface area (Å²) in [6.45, 7) is 5.42. The van der Waals surface area contributed by atoms with Crippen LogP contribution < -0.4 is 4.57 Å². The number of benzene rings is 2. The Morgan fingerprint density at radius 3 is 2.25 bits per heavy atom. The lowest BCUT2D eigenvalue weighted by atomic mass is 10.0. The second kappa shape index (κ2) is 7.81. The van der Waals surface area contributed by atoms with E-state index in [1.54, 1.807) is 0 Å². The van der Waals surface area contributed by atoms with Gasteiger partial charge in [-0.3, -0.25) is 4.79 Å². The molecule has 0 bridgehead atoms. The van der Waals surface area contributed by atoms with Gasteiger partial charge < -0.3 is 4.57 Å². The average Bonchev–Trinajstić information content (AvgIpc) is 3.09. The number of aromatic nitrogens is 2. The van der Waals surface area contributed by atoms with Crippen molar-refractivity contribution < 1.29 is 9.36 Å². The number of fused-ring (bicyclic) bond motifs is 1. The quantitative estimate of drug-likeness (QED) is 0.344. The molecule has 0 fully saturated rings. The number of hydrogen-bond acceptors (Lipinski definition) is 1. The number of rotatable bonds is 6. The van der Waals surface area contributed by atoms with Crippen LogP contribution >= 0.6 is 0 Å². The molecule has 2 aromatic heterocycles. The molecule has 0 unspecified atom stereocenters. The van der Waals surface area contributed by atoms with Gasteiger partial charge in [0.15, 0.2) is 12.4 Å². The summed E-state index contributed by atoms with van der Waals surface area (Å²) in [6, 6.07) is 22.6. The minimum atomic E-state index is 0.136. The molecule has 0 N–H and O–H groups in total. The van der Waals surface area contributed by atoms with Crippen molar-refractivity contribution in [2.45, 2.75) is 33.4 Å². The molecule has 0 amide bonds. The van der Waals surface area contributed by atoms with Crippen LogP contribution in [0.2, 0.25) is 0 Å². The minimum Gasteiger partial charge on any atom is -0.340 e. The first-order valence-corrected chi connectivity index (χ1v) is 9.90. The first kappa shape index (κ1) is 18.2. The fourth-order valence-electron chi connectivity index (χ4n) is 3.88. The normalized spacial score (nSPS) is 11.1. The summed E-state index contributed by atoms with van der Waals surface area (Å²) in [7, 11) is 0. The van der Waals surface area contributed by atoms with Crippen LogP contribution in [0.15, 0.2) is 79.1 Å². The third kappa shape index (κ3) is 3.24. The number of hydrogen-bond donors (Lipinski definition) is 0. The van der Waals surface area contributed by atoms with Gasteiger partial charge in [0.2, 0.25) is 12.3 Å². The Labute approximate surface area is 165 Å². The van der Waals surface area contributed by atoms with Crippen molar-refractivity contribution in [2.75, 3.05) is 0 Å². The summed E-state index contributed by atoms with van der Waals surface area (Å²) in [4.78, 5) is 13.5. The fraction of sp³-hybridized carbons (Fsp3) is 0.200. The molecular weight excluding hydrogens is 344 g/mol. The van der Waals surface area contributed by atoms with Crippen molar-refractivity contribution in [3.63, 3.8) is 0 Å². The van der Waals surface area contributed by atoms with Gasteiger partial charge in [0.1, 0.15) is 0 Å². The lowest BCUT2D eigenvalue weighted by molar-refractivity contribution is -0.683. The van der Waals surface area contributed by atoms with Gasteiger partial charge in [-0.1, -0.05) is 55.5 Å². The number of aryl methyl sites for hydroxylation is 2. The molecule has 0 aliphatic carbocycles. The van der Waals surface area contributed by atoms with Crippen LogP contribution in [0.25, 0.3) is 22.2 Å². The molecule has 28 heavy (non-hydrogen) atoms. The maximum Gasteiger partial charge on any atom is 0.230 e. The van der Waals surface area contributed by atoms with Gasteiger partial charge in [-0.15, -0.1) is 0 Å². The molecular formula is C25H25N2O+. The standard InChI is InChI=1S/C25H25N2O/c1-3-19-14-16-26(17-15-19)18-23(28)24-21-12-8-9-13-22(21)27(4-2)25(24)20-10-6-5-7-11-20/h5-17H,3-4,18H2,1-2H3/q+1. The van der Waals surface area contributed by atoms with Crippen molar-refractivity contribution >= 4 is 16.7 Å². The van der Waals surface area contributed by atoms with E-state index in [1.165, 1.54) is 5.56 Å². The molecule has 0 saturated heterocycles. The average molecular weight is 369 g/mol. The molecule has 0 saturated carbocycles. The lowest BCUT2D eigenvalue weighted by Gasteiger charge is -2.10. The van der Waals surface area contributed by atoms with E-state index in [1.807, 2.05) is 47.3 Å². The van der Waals surface area contributed by atoms with Crippen molar-refractivity contribution in [3.8, 4) is 11.3 Å². The predicted octanol–water partition coefficient (Wildman–Crippen LogP) is 5.06. The van der Waals surface area contributed by atoms with Crippen LogP contribution in [0.5, 0.6) is 0 Å². The Kier molecular flexibility index (Phi) is 5.07. The van der Waals surface area contributed by atoms with E-state index in [0.717, 1.165) is 40.7 Å². The Hall–Kier alpha value is -3.20. The van der Waals surface area contributed by atoms with E-state index in [0.29, 0.717) is 6.54 Å². The maximum absolute atomic E-state index is 13.5. The van der Waals surface area contributed by atoms with E-state index < -0.39 is 0 Å². The first-order valence-electron chi connectivity index (χ1n) is 9.90. The van der Waals surface area contributed by atoms with Gasteiger partial charge in [0.05, 0.1) is 11.3 Å². The molecule has 0 atom stereocenters. The van der Waals surface area contributed by atoms with Crippen molar-refractivity contribution in [3.05, 3.63) is 90.3 Å². The molecule has 140 valence electrons. The number of Topliss-reactive ketones (excluding diaryl/α,β-unsaturated/α-hetero) is 1. The molecule has 2 heterocycles. The summed E-state index contributed by atoms with van der Waals surface area (Å²) >= 11 is 0. The monoisotopic (exact) mass is 369 g/mol. The van der Waals surface area contributed by atoms with Gasteiger partial charge in [0.25, 0.3) is 0 Å². The van der Waals surface area contributed by atoms with Crippen LogP contribution in [-0.4, -0.2) is 10.4 Å². The van der Waals surface area contributed by atoms with Gasteiger partial charge in [-0.2, -0.15) is 4.57 Å². The van der Waals surface area contributed by atoms with Gasteiger partial charge >= 0.3 is 0 Å². The van der Waals surface area contributed by atoms with E-state index in [-0.39, 0.29) is 5.78 Å². The molecule has 0 spiro atoms. The second-order valence-corrected chi connectivity index (χ2v) is 7.01.